The summed E-state index contributed by atoms with van der Waals surface area (Å²) in [6, 6.07) is 6.53. The number of carbonyl (C=O) groups excluding carboxylic acids is 1. The summed E-state index contributed by atoms with van der Waals surface area (Å²) in [5, 5.41) is 0. The normalized spacial score (nSPS) is 24.1. The Hall–Kier alpha value is -2.67. The third-order valence-corrected chi connectivity index (χ3v) is 5.72. The number of hydrogen-bond acceptors (Lipinski definition) is 6. The van der Waals surface area contributed by atoms with E-state index in [1.807, 2.05) is 11.0 Å². The minimum Gasteiger partial charge on any atom is -0.454 e. The second-order valence-corrected chi connectivity index (χ2v) is 7.52. The molecule has 2 atom stereocenters. The van der Waals surface area contributed by atoms with Gasteiger partial charge in [-0.2, -0.15) is 0 Å². The maximum absolute atomic E-state index is 12.8. The minimum atomic E-state index is -0.00932. The summed E-state index contributed by atoms with van der Waals surface area (Å²) in [4.78, 5) is 25.5. The molecule has 0 aliphatic carbocycles. The second-order valence-electron chi connectivity index (χ2n) is 7.52. The van der Waals surface area contributed by atoms with Gasteiger partial charge in [-0.25, -0.2) is 4.98 Å². The van der Waals surface area contributed by atoms with Crippen molar-refractivity contribution in [2.75, 3.05) is 26.4 Å². The van der Waals surface area contributed by atoms with Crippen LogP contribution in [0.4, 0.5) is 0 Å². The van der Waals surface area contributed by atoms with E-state index in [-0.39, 0.29) is 5.91 Å². The molecule has 3 fully saturated rings. The van der Waals surface area contributed by atoms with Crippen LogP contribution in [0.1, 0.15) is 28.9 Å². The van der Waals surface area contributed by atoms with E-state index in [0.717, 1.165) is 44.1 Å². The number of rotatable bonds is 3. The molecule has 7 heteroatoms. The van der Waals surface area contributed by atoms with Gasteiger partial charge in [0.1, 0.15) is 5.69 Å². The summed E-state index contributed by atoms with van der Waals surface area (Å²) < 4.78 is 10.9. The first-order valence-electron chi connectivity index (χ1n) is 9.44. The molecule has 1 amide bonds. The van der Waals surface area contributed by atoms with E-state index < -0.39 is 0 Å². The lowest BCUT2D eigenvalue weighted by atomic mass is 9.94. The molecule has 4 aliphatic rings. The predicted octanol–water partition coefficient (Wildman–Crippen LogP) is 1.94. The minimum absolute atomic E-state index is 0.00932. The lowest BCUT2D eigenvalue weighted by molar-refractivity contribution is 0.0729. The average molecular weight is 366 g/mol. The zero-order valence-electron chi connectivity index (χ0n) is 15.1. The molecule has 2 bridgehead atoms. The largest absolute Gasteiger partial charge is 0.454 e. The zero-order chi connectivity index (χ0) is 18.2. The molecule has 0 N–H and O–H groups in total. The molecule has 3 saturated heterocycles. The van der Waals surface area contributed by atoms with Crippen molar-refractivity contribution in [2.45, 2.75) is 25.4 Å². The first kappa shape index (κ1) is 16.5. The Morgan fingerprint density at radius 2 is 2.04 bits per heavy atom. The molecule has 6 rings (SSSR count). The molecule has 1 aromatic carbocycles. The average Bonchev–Trinajstić information content (AvgIpc) is 2.98. The van der Waals surface area contributed by atoms with E-state index in [9.17, 15) is 4.79 Å². The first-order valence-corrected chi connectivity index (χ1v) is 9.44. The number of aromatic nitrogens is 2. The number of amides is 1. The van der Waals surface area contributed by atoms with Gasteiger partial charge in [-0.3, -0.25) is 14.7 Å². The fraction of sp³-hybridized carbons (Fsp3) is 0.450. The Kier molecular flexibility index (Phi) is 4.16. The smallest absolute Gasteiger partial charge is 0.274 e. The van der Waals surface area contributed by atoms with Crippen LogP contribution in [0.5, 0.6) is 11.5 Å². The summed E-state index contributed by atoms with van der Waals surface area (Å²) >= 11 is 0. The van der Waals surface area contributed by atoms with Crippen molar-refractivity contribution < 1.29 is 14.3 Å². The molecular formula is C20H22N4O3. The maximum Gasteiger partial charge on any atom is 0.274 e. The van der Waals surface area contributed by atoms with Gasteiger partial charge in [0, 0.05) is 44.6 Å². The molecule has 2 aromatic rings. The fourth-order valence-electron chi connectivity index (χ4n) is 4.38. The predicted molar refractivity (Wildman–Crippen MR) is 97.4 cm³/mol. The van der Waals surface area contributed by atoms with Crippen molar-refractivity contribution in [3.8, 4) is 11.5 Å². The summed E-state index contributed by atoms with van der Waals surface area (Å²) in [6.45, 7) is 3.72. The quantitative estimate of drug-likeness (QED) is 0.827. The van der Waals surface area contributed by atoms with E-state index in [0.29, 0.717) is 24.4 Å². The highest BCUT2D eigenvalue weighted by molar-refractivity contribution is 5.92. The number of nitrogens with zero attached hydrogens (tertiary/aromatic N) is 4. The summed E-state index contributed by atoms with van der Waals surface area (Å²) in [5.41, 5.74) is 1.65. The van der Waals surface area contributed by atoms with Gasteiger partial charge in [0.15, 0.2) is 11.5 Å². The van der Waals surface area contributed by atoms with Crippen molar-refractivity contribution in [3.63, 3.8) is 0 Å². The van der Waals surface area contributed by atoms with Crippen molar-refractivity contribution in [3.05, 3.63) is 48.0 Å². The van der Waals surface area contributed by atoms with Crippen LogP contribution in [0.2, 0.25) is 0 Å². The summed E-state index contributed by atoms with van der Waals surface area (Å²) in [5.74, 6) is 2.13. The van der Waals surface area contributed by atoms with Crippen molar-refractivity contribution in [2.24, 2.45) is 5.92 Å². The highest BCUT2D eigenvalue weighted by Gasteiger charge is 2.37. The molecule has 1 aromatic heterocycles. The molecule has 27 heavy (non-hydrogen) atoms. The second kappa shape index (κ2) is 6.81. The van der Waals surface area contributed by atoms with Crippen molar-refractivity contribution in [1.82, 2.24) is 19.8 Å². The first-order chi connectivity index (χ1) is 13.3. The summed E-state index contributed by atoms with van der Waals surface area (Å²) in [6.07, 6.45) is 7.02. The molecular weight excluding hydrogens is 344 g/mol. The lowest BCUT2D eigenvalue weighted by Gasteiger charge is -2.36. The highest BCUT2D eigenvalue weighted by Crippen LogP contribution is 2.34. The van der Waals surface area contributed by atoms with E-state index in [2.05, 4.69) is 27.0 Å². The Balaban J connectivity index is 1.32. The van der Waals surface area contributed by atoms with E-state index in [1.54, 1.807) is 18.6 Å². The molecule has 0 unspecified atom stereocenters. The Morgan fingerprint density at radius 3 is 2.93 bits per heavy atom. The van der Waals surface area contributed by atoms with Crippen LogP contribution in [0.15, 0.2) is 36.8 Å². The third kappa shape index (κ3) is 3.23. The maximum atomic E-state index is 12.8. The van der Waals surface area contributed by atoms with E-state index >= 15 is 0 Å². The third-order valence-electron chi connectivity index (χ3n) is 5.72. The monoisotopic (exact) mass is 366 g/mol. The molecule has 140 valence electrons. The van der Waals surface area contributed by atoms with Gasteiger partial charge in [0.05, 0.1) is 6.20 Å². The lowest BCUT2D eigenvalue weighted by Crippen LogP contribution is -2.44. The number of ether oxygens (including phenoxy) is 2. The van der Waals surface area contributed by atoms with Crippen LogP contribution in [0.25, 0.3) is 0 Å². The Morgan fingerprint density at radius 1 is 1.11 bits per heavy atom. The molecule has 5 heterocycles. The van der Waals surface area contributed by atoms with Crippen LogP contribution >= 0.6 is 0 Å². The highest BCUT2D eigenvalue weighted by atomic mass is 16.7. The number of benzene rings is 1. The van der Waals surface area contributed by atoms with Gasteiger partial charge < -0.3 is 14.4 Å². The van der Waals surface area contributed by atoms with Crippen LogP contribution in [-0.4, -0.2) is 58.1 Å². The molecule has 0 spiro atoms. The SMILES string of the molecule is O=C(c1cnccn1)N1C[C@@H]2CC[C@H](C1)N(Cc1ccc3c(c1)OCO3)C2. The number of piperidine rings is 1. The molecule has 0 saturated carbocycles. The number of fused-ring (bicyclic) bond motifs is 5. The zero-order valence-corrected chi connectivity index (χ0v) is 15.1. The van der Waals surface area contributed by atoms with Gasteiger partial charge >= 0.3 is 0 Å². The van der Waals surface area contributed by atoms with Gasteiger partial charge in [0.25, 0.3) is 5.91 Å². The topological polar surface area (TPSA) is 67.8 Å². The summed E-state index contributed by atoms with van der Waals surface area (Å²) in [7, 11) is 0. The molecule has 0 radical (unpaired) electrons. The van der Waals surface area contributed by atoms with Gasteiger partial charge in [-0.1, -0.05) is 6.07 Å². The molecule has 4 aliphatic heterocycles. The standard InChI is InChI=1S/C20H22N4O3/c25-20(17-8-21-5-6-22-17)24-11-15-1-3-16(12-24)23(10-15)9-14-2-4-18-19(7-14)27-13-26-18/h2,4-8,15-16H,1,3,9-13H2/t15-,16-/m1/s1. The van der Waals surface area contributed by atoms with Crippen LogP contribution in [-0.2, 0) is 6.54 Å². The van der Waals surface area contributed by atoms with Crippen LogP contribution in [0, 0.1) is 5.92 Å². The van der Waals surface area contributed by atoms with E-state index in [1.165, 1.54) is 12.0 Å². The fourth-order valence-corrected chi connectivity index (χ4v) is 4.38. The Labute approximate surface area is 157 Å². The van der Waals surface area contributed by atoms with E-state index in [4.69, 9.17) is 9.47 Å². The van der Waals surface area contributed by atoms with Crippen molar-refractivity contribution >= 4 is 5.91 Å². The van der Waals surface area contributed by atoms with Crippen LogP contribution < -0.4 is 9.47 Å². The Bertz CT molecular complexity index is 844. The van der Waals surface area contributed by atoms with Gasteiger partial charge in [-0.15, -0.1) is 0 Å². The van der Waals surface area contributed by atoms with Gasteiger partial charge in [0.2, 0.25) is 6.79 Å². The molecule has 7 nitrogen and oxygen atoms in total. The van der Waals surface area contributed by atoms with Crippen molar-refractivity contribution in [1.29, 1.82) is 0 Å². The van der Waals surface area contributed by atoms with Gasteiger partial charge in [-0.05, 0) is 36.5 Å². The van der Waals surface area contributed by atoms with Crippen LogP contribution in [0.3, 0.4) is 0 Å². The number of carbonyl (C=O) groups is 1. The number of hydrogen-bond donors (Lipinski definition) is 0.